The molecule has 290 valence electrons. The predicted molar refractivity (Wildman–Crippen MR) is 257 cm³/mol. The van der Waals surface area contributed by atoms with Gasteiger partial charge in [-0.25, -0.2) is 4.99 Å². The minimum absolute atomic E-state index is 0.102. The number of nitrogens with zero attached hydrogens (tertiary/aromatic N) is 3. The minimum atomic E-state index is -0.360. The quantitative estimate of drug-likeness (QED) is 0.190. The van der Waals surface area contributed by atoms with E-state index in [1.165, 1.54) is 82.4 Å². The molecule has 1 N–H and O–H groups in total. The summed E-state index contributed by atoms with van der Waals surface area (Å²) >= 11 is 0. The van der Waals surface area contributed by atoms with Crippen LogP contribution in [0.2, 0.25) is 0 Å². The fourth-order valence-corrected chi connectivity index (χ4v) is 10.9. The molecule has 61 heavy (non-hydrogen) atoms. The van der Waals surface area contributed by atoms with Gasteiger partial charge in [-0.1, -0.05) is 147 Å². The first-order valence-corrected chi connectivity index (χ1v) is 21.6. The molecule has 0 amide bonds. The third-order valence-electron chi connectivity index (χ3n) is 13.8. The second-order valence-electron chi connectivity index (χ2n) is 17.4. The van der Waals surface area contributed by atoms with Crippen LogP contribution >= 0.6 is 0 Å². The number of benzene rings is 8. The highest BCUT2D eigenvalue weighted by Gasteiger charge is 2.36. The molecule has 2 aromatic heterocycles. The molecule has 0 fully saturated rings. The lowest BCUT2D eigenvalue weighted by Crippen LogP contribution is -2.25. The van der Waals surface area contributed by atoms with Crippen molar-refractivity contribution in [3.8, 4) is 22.3 Å². The zero-order valence-electron chi connectivity index (χ0n) is 34.2. The number of allylic oxidation sites excluding steroid dienone is 4. The molecule has 1 unspecified atom stereocenters. The third kappa shape index (κ3) is 4.90. The molecule has 0 bridgehead atoms. The van der Waals surface area contributed by atoms with Crippen molar-refractivity contribution in [3.63, 3.8) is 0 Å². The number of anilines is 1. The molecular weight excluding hydrogens is 741 g/mol. The van der Waals surface area contributed by atoms with E-state index in [2.05, 4.69) is 210 Å². The average molecular weight is 783 g/mol. The Morgan fingerprint density at radius 2 is 1.21 bits per heavy atom. The normalized spacial score (nSPS) is 16.5. The highest BCUT2D eigenvalue weighted by molar-refractivity contribution is 6.25. The summed E-state index contributed by atoms with van der Waals surface area (Å²) in [6.07, 6.45) is 8.76. The Hall–Kier alpha value is -7.43. The second-order valence-corrected chi connectivity index (χ2v) is 17.4. The van der Waals surface area contributed by atoms with E-state index in [0.717, 1.165) is 46.4 Å². The summed E-state index contributed by atoms with van der Waals surface area (Å²) in [5.41, 5.74) is 18.1. The van der Waals surface area contributed by atoms with Gasteiger partial charge < -0.3 is 14.5 Å². The number of hydrogen-bond donors (Lipinski definition) is 1. The van der Waals surface area contributed by atoms with Gasteiger partial charge in [-0.15, -0.1) is 0 Å². The SMILES string of the molecule is CC1(C)c2ccccc2-c2ccc(C3=NC(n4c5ccccc5c5cc(-c6cc7c(c8ccccc68)c6ccccc6n7C6=CCCC=C6)ccc54)Nc4ccccc43)cc21. The Morgan fingerprint density at radius 3 is 2.07 bits per heavy atom. The molecule has 1 atom stereocenters. The van der Waals surface area contributed by atoms with Crippen LogP contribution in [0, 0.1) is 0 Å². The molecule has 0 saturated heterocycles. The van der Waals surface area contributed by atoms with Gasteiger partial charge in [-0.3, -0.25) is 0 Å². The summed E-state index contributed by atoms with van der Waals surface area (Å²) in [6, 6.07) is 60.6. The van der Waals surface area contributed by atoms with Crippen molar-refractivity contribution in [3.05, 3.63) is 204 Å². The molecular formula is C57H42N4. The second kappa shape index (κ2) is 12.8. The van der Waals surface area contributed by atoms with Crippen molar-refractivity contribution < 1.29 is 0 Å². The standard InChI is InChI=1S/C57H42N4/c1-57(2)47-24-12-8-19-39(47)40-30-28-36(33-48(40)57)55-43-22-9-13-25-49(43)58-56(59-55)61-50-26-14-10-20-41(50)46-32-35(29-31-52(46)61)45-34-53-54(42-21-7-6-18-38(42)45)44-23-11-15-27-51(44)60(53)37-16-4-3-5-17-37/h4,6-34,56,58H,3,5H2,1-2H3. The average Bonchev–Trinajstić information content (AvgIpc) is 3.91. The maximum atomic E-state index is 5.64. The lowest BCUT2D eigenvalue weighted by molar-refractivity contribution is 0.624. The first-order chi connectivity index (χ1) is 30.0. The molecule has 1 aliphatic heterocycles. The first kappa shape index (κ1) is 34.4. The Morgan fingerprint density at radius 1 is 0.525 bits per heavy atom. The molecule has 2 aliphatic carbocycles. The Labute approximate surface area is 354 Å². The zero-order chi connectivity index (χ0) is 40.4. The zero-order valence-corrected chi connectivity index (χ0v) is 34.2. The van der Waals surface area contributed by atoms with Crippen molar-refractivity contribution in [1.82, 2.24) is 9.13 Å². The van der Waals surface area contributed by atoms with Crippen molar-refractivity contribution in [2.45, 2.75) is 38.4 Å². The van der Waals surface area contributed by atoms with Crippen LogP contribution < -0.4 is 5.32 Å². The van der Waals surface area contributed by atoms with E-state index < -0.39 is 0 Å². The monoisotopic (exact) mass is 782 g/mol. The van der Waals surface area contributed by atoms with Crippen LogP contribution in [0.3, 0.4) is 0 Å². The molecule has 0 spiro atoms. The molecule has 4 heteroatoms. The highest BCUT2D eigenvalue weighted by atomic mass is 15.3. The molecule has 8 aromatic carbocycles. The van der Waals surface area contributed by atoms with Gasteiger partial charge in [0.2, 0.25) is 6.29 Å². The Balaban J connectivity index is 1.00. The van der Waals surface area contributed by atoms with E-state index in [0.29, 0.717) is 0 Å². The van der Waals surface area contributed by atoms with E-state index >= 15 is 0 Å². The number of fused-ring (bicyclic) bond motifs is 12. The smallest absolute Gasteiger partial charge is 0.201 e. The van der Waals surface area contributed by atoms with Crippen LogP contribution in [-0.4, -0.2) is 14.8 Å². The fraction of sp³-hybridized carbons (Fsp3) is 0.105. The van der Waals surface area contributed by atoms with E-state index in [9.17, 15) is 0 Å². The van der Waals surface area contributed by atoms with Crippen molar-refractivity contribution in [2.75, 3.05) is 5.32 Å². The van der Waals surface area contributed by atoms with E-state index in [4.69, 9.17) is 4.99 Å². The minimum Gasteiger partial charge on any atom is -0.346 e. The van der Waals surface area contributed by atoms with Gasteiger partial charge in [0.25, 0.3) is 0 Å². The molecule has 3 aliphatic rings. The van der Waals surface area contributed by atoms with Crippen molar-refractivity contribution in [1.29, 1.82) is 0 Å². The number of aliphatic imine (C=N–C) groups is 1. The van der Waals surface area contributed by atoms with Gasteiger partial charge in [0.1, 0.15) is 0 Å². The van der Waals surface area contributed by atoms with E-state index in [1.807, 2.05) is 0 Å². The summed E-state index contributed by atoms with van der Waals surface area (Å²) in [6.45, 7) is 4.70. The van der Waals surface area contributed by atoms with E-state index in [-0.39, 0.29) is 11.7 Å². The predicted octanol–water partition coefficient (Wildman–Crippen LogP) is 14.6. The molecule has 0 radical (unpaired) electrons. The van der Waals surface area contributed by atoms with Crippen LogP contribution in [0.25, 0.3) is 82.3 Å². The Bertz CT molecular complexity index is 3610. The van der Waals surface area contributed by atoms with Gasteiger partial charge >= 0.3 is 0 Å². The summed E-state index contributed by atoms with van der Waals surface area (Å²) in [5, 5.41) is 11.4. The van der Waals surface area contributed by atoms with Gasteiger partial charge in [0, 0.05) is 49.5 Å². The summed E-state index contributed by atoms with van der Waals surface area (Å²) in [7, 11) is 0. The van der Waals surface area contributed by atoms with Crippen LogP contribution in [0.5, 0.6) is 0 Å². The Kier molecular flexibility index (Phi) is 7.22. The fourth-order valence-electron chi connectivity index (χ4n) is 10.9. The third-order valence-corrected chi connectivity index (χ3v) is 13.8. The summed E-state index contributed by atoms with van der Waals surface area (Å²) in [4.78, 5) is 5.64. The number of hydrogen-bond acceptors (Lipinski definition) is 2. The van der Waals surface area contributed by atoms with Gasteiger partial charge in [0.05, 0.1) is 27.8 Å². The topological polar surface area (TPSA) is 34.2 Å². The molecule has 10 aromatic rings. The van der Waals surface area contributed by atoms with Crippen molar-refractivity contribution in [2.24, 2.45) is 4.99 Å². The van der Waals surface area contributed by atoms with Crippen LogP contribution in [-0.2, 0) is 5.41 Å². The van der Waals surface area contributed by atoms with Crippen LogP contribution in [0.1, 0.15) is 55.2 Å². The number of nitrogens with one attached hydrogen (secondary N) is 1. The largest absolute Gasteiger partial charge is 0.346 e. The lowest BCUT2D eigenvalue weighted by atomic mass is 9.81. The molecule has 0 saturated carbocycles. The summed E-state index contributed by atoms with van der Waals surface area (Å²) in [5.74, 6) is 0. The summed E-state index contributed by atoms with van der Waals surface area (Å²) < 4.78 is 4.88. The van der Waals surface area contributed by atoms with Gasteiger partial charge in [0.15, 0.2) is 0 Å². The number of rotatable bonds is 4. The first-order valence-electron chi connectivity index (χ1n) is 21.6. The van der Waals surface area contributed by atoms with Gasteiger partial charge in [-0.05, 0) is 106 Å². The van der Waals surface area contributed by atoms with Gasteiger partial charge in [-0.2, -0.15) is 0 Å². The van der Waals surface area contributed by atoms with Crippen molar-refractivity contribution >= 4 is 71.5 Å². The van der Waals surface area contributed by atoms with Crippen LogP contribution in [0.15, 0.2) is 187 Å². The lowest BCUT2D eigenvalue weighted by Gasteiger charge is -2.28. The van der Waals surface area contributed by atoms with Crippen LogP contribution in [0.4, 0.5) is 5.69 Å². The molecule has 3 heterocycles. The van der Waals surface area contributed by atoms with E-state index in [1.54, 1.807) is 0 Å². The number of para-hydroxylation sites is 3. The maximum Gasteiger partial charge on any atom is 0.201 e. The highest BCUT2D eigenvalue weighted by Crippen LogP contribution is 2.49. The molecule has 13 rings (SSSR count). The number of aromatic nitrogens is 2. The molecule has 4 nitrogen and oxygen atoms in total. The maximum absolute atomic E-state index is 5.64.